The summed E-state index contributed by atoms with van der Waals surface area (Å²) in [5, 5.41) is 2.60. The predicted octanol–water partition coefficient (Wildman–Crippen LogP) is 2.21. The minimum Gasteiger partial charge on any atom is -0.493 e. The second kappa shape index (κ2) is 10.1. The van der Waals surface area contributed by atoms with E-state index in [-0.39, 0.29) is 11.5 Å². The zero-order chi connectivity index (χ0) is 22.3. The van der Waals surface area contributed by atoms with Crippen LogP contribution in [0.1, 0.15) is 20.7 Å². The van der Waals surface area contributed by atoms with Gasteiger partial charge in [-0.25, -0.2) is 4.79 Å². The monoisotopic (exact) mass is 416 g/mol. The molecule has 30 heavy (non-hydrogen) atoms. The number of hydrogen-bond donors (Lipinski definition) is 1. The lowest BCUT2D eigenvalue weighted by Gasteiger charge is -2.14. The van der Waals surface area contributed by atoms with Crippen molar-refractivity contribution in [3.63, 3.8) is 0 Å². The van der Waals surface area contributed by atoms with E-state index in [9.17, 15) is 14.4 Å². The van der Waals surface area contributed by atoms with Crippen LogP contribution in [0.2, 0.25) is 0 Å². The molecule has 0 fully saturated rings. The van der Waals surface area contributed by atoms with Gasteiger partial charge in [-0.05, 0) is 36.4 Å². The fraction of sp³-hybridized carbons (Fsp3) is 0.286. The van der Waals surface area contributed by atoms with E-state index in [0.717, 1.165) is 0 Å². The van der Waals surface area contributed by atoms with Crippen LogP contribution < -0.4 is 19.5 Å². The van der Waals surface area contributed by atoms with Gasteiger partial charge in [0, 0.05) is 25.3 Å². The molecule has 0 aliphatic heterocycles. The van der Waals surface area contributed by atoms with E-state index in [1.54, 1.807) is 38.4 Å². The molecule has 0 unspecified atom stereocenters. The average molecular weight is 416 g/mol. The van der Waals surface area contributed by atoms with Crippen molar-refractivity contribution >= 4 is 23.5 Å². The van der Waals surface area contributed by atoms with Crippen LogP contribution in [0.25, 0.3) is 0 Å². The summed E-state index contributed by atoms with van der Waals surface area (Å²) in [7, 11) is 7.61. The normalized spacial score (nSPS) is 10.0. The molecule has 2 rings (SSSR count). The van der Waals surface area contributed by atoms with Gasteiger partial charge in [-0.2, -0.15) is 0 Å². The van der Waals surface area contributed by atoms with Crippen LogP contribution in [-0.4, -0.2) is 64.7 Å². The number of hydrogen-bond acceptors (Lipinski definition) is 7. The molecule has 2 aromatic carbocycles. The Kier molecular flexibility index (Phi) is 7.62. The third-order valence-corrected chi connectivity index (χ3v) is 4.06. The Bertz CT molecular complexity index is 898. The number of amides is 2. The summed E-state index contributed by atoms with van der Waals surface area (Å²) in [4.78, 5) is 37.7. The van der Waals surface area contributed by atoms with E-state index in [1.165, 1.54) is 38.4 Å². The summed E-state index contributed by atoms with van der Waals surface area (Å²) in [6.45, 7) is -0.492. The molecule has 2 aromatic rings. The predicted molar refractivity (Wildman–Crippen MR) is 109 cm³/mol. The molecule has 0 bridgehead atoms. The second-order valence-corrected chi connectivity index (χ2v) is 6.32. The topological polar surface area (TPSA) is 103 Å². The van der Waals surface area contributed by atoms with Crippen molar-refractivity contribution < 1.29 is 33.3 Å². The van der Waals surface area contributed by atoms with Gasteiger partial charge in [0.15, 0.2) is 18.1 Å². The molecular weight excluding hydrogens is 392 g/mol. The van der Waals surface area contributed by atoms with Crippen molar-refractivity contribution in [1.29, 1.82) is 0 Å². The van der Waals surface area contributed by atoms with E-state index in [4.69, 9.17) is 18.9 Å². The molecule has 0 saturated carbocycles. The summed E-state index contributed by atoms with van der Waals surface area (Å²) in [5.41, 5.74) is 1.11. The summed E-state index contributed by atoms with van der Waals surface area (Å²) in [6, 6.07) is 9.25. The Morgan fingerprint density at radius 3 is 1.90 bits per heavy atom. The quantitative estimate of drug-likeness (QED) is 0.658. The van der Waals surface area contributed by atoms with E-state index in [2.05, 4.69) is 5.32 Å². The van der Waals surface area contributed by atoms with E-state index in [0.29, 0.717) is 28.5 Å². The molecule has 0 aromatic heterocycles. The maximum atomic E-state index is 12.3. The molecule has 0 aliphatic rings. The third-order valence-electron chi connectivity index (χ3n) is 4.06. The number of esters is 1. The summed E-state index contributed by atoms with van der Waals surface area (Å²) in [6.07, 6.45) is 0. The highest BCUT2D eigenvalue weighted by Gasteiger charge is 2.18. The first-order valence-electron chi connectivity index (χ1n) is 8.89. The fourth-order valence-electron chi connectivity index (χ4n) is 2.56. The summed E-state index contributed by atoms with van der Waals surface area (Å²) >= 11 is 0. The van der Waals surface area contributed by atoms with Gasteiger partial charge in [0.25, 0.3) is 11.8 Å². The highest BCUT2D eigenvalue weighted by Crippen LogP contribution is 2.38. The Hall–Kier alpha value is -3.75. The van der Waals surface area contributed by atoms with Crippen molar-refractivity contribution in [2.75, 3.05) is 47.3 Å². The molecule has 0 radical (unpaired) electrons. The zero-order valence-electron chi connectivity index (χ0n) is 17.5. The van der Waals surface area contributed by atoms with Gasteiger partial charge >= 0.3 is 5.97 Å². The van der Waals surface area contributed by atoms with Gasteiger partial charge in [-0.3, -0.25) is 9.59 Å². The van der Waals surface area contributed by atoms with Gasteiger partial charge < -0.3 is 29.2 Å². The van der Waals surface area contributed by atoms with Gasteiger partial charge in [0.1, 0.15) is 0 Å². The number of methoxy groups -OCH3 is 3. The third kappa shape index (κ3) is 5.40. The minimum atomic E-state index is -0.726. The lowest BCUT2D eigenvalue weighted by atomic mass is 10.2. The molecule has 9 heteroatoms. The maximum absolute atomic E-state index is 12.3. The van der Waals surface area contributed by atoms with Crippen molar-refractivity contribution in [2.24, 2.45) is 0 Å². The molecule has 0 saturated heterocycles. The average Bonchev–Trinajstić information content (AvgIpc) is 2.76. The number of rotatable bonds is 8. The maximum Gasteiger partial charge on any atom is 0.338 e. The van der Waals surface area contributed by atoms with Crippen LogP contribution in [0.3, 0.4) is 0 Å². The van der Waals surface area contributed by atoms with Crippen LogP contribution in [0.5, 0.6) is 17.2 Å². The van der Waals surface area contributed by atoms with Crippen molar-refractivity contribution in [2.45, 2.75) is 0 Å². The Balaban J connectivity index is 1.99. The van der Waals surface area contributed by atoms with E-state index < -0.39 is 18.5 Å². The minimum absolute atomic E-state index is 0.142. The first-order chi connectivity index (χ1) is 14.3. The molecule has 160 valence electrons. The van der Waals surface area contributed by atoms with Crippen molar-refractivity contribution in [3.8, 4) is 17.2 Å². The highest BCUT2D eigenvalue weighted by atomic mass is 16.5. The van der Waals surface area contributed by atoms with Gasteiger partial charge in [0.05, 0.1) is 26.9 Å². The van der Waals surface area contributed by atoms with Crippen LogP contribution in [0.15, 0.2) is 36.4 Å². The van der Waals surface area contributed by atoms with Crippen LogP contribution >= 0.6 is 0 Å². The van der Waals surface area contributed by atoms with E-state index in [1.807, 2.05) is 0 Å². The van der Waals surface area contributed by atoms with Crippen LogP contribution in [-0.2, 0) is 9.53 Å². The smallest absolute Gasteiger partial charge is 0.338 e. The van der Waals surface area contributed by atoms with Gasteiger partial charge in [-0.1, -0.05) is 0 Å². The standard InChI is InChI=1S/C21H24N2O7/c1-23(2)20(25)13-6-8-15(9-7-13)22-18(24)12-30-21(26)14-10-16(27-3)19(29-5)17(11-14)28-4/h6-11H,12H2,1-5H3,(H,22,24). The first kappa shape index (κ1) is 22.5. The van der Waals surface area contributed by atoms with Crippen molar-refractivity contribution in [1.82, 2.24) is 4.90 Å². The number of carbonyl (C=O) groups excluding carboxylic acids is 3. The number of ether oxygens (including phenoxy) is 4. The largest absolute Gasteiger partial charge is 0.493 e. The number of nitrogens with zero attached hydrogens (tertiary/aromatic N) is 1. The zero-order valence-corrected chi connectivity index (χ0v) is 17.5. The van der Waals surface area contributed by atoms with Gasteiger partial charge in [0.2, 0.25) is 5.75 Å². The number of carbonyl (C=O) groups is 3. The molecule has 0 aliphatic carbocycles. The molecule has 0 spiro atoms. The molecule has 1 N–H and O–H groups in total. The fourth-order valence-corrected chi connectivity index (χ4v) is 2.56. The van der Waals surface area contributed by atoms with E-state index >= 15 is 0 Å². The number of nitrogens with one attached hydrogen (secondary N) is 1. The van der Waals surface area contributed by atoms with Gasteiger partial charge in [-0.15, -0.1) is 0 Å². The number of benzene rings is 2. The Labute approximate surface area is 174 Å². The van der Waals surface area contributed by atoms with Crippen molar-refractivity contribution in [3.05, 3.63) is 47.5 Å². The van der Waals surface area contributed by atoms with Crippen LogP contribution in [0.4, 0.5) is 5.69 Å². The summed E-state index contributed by atoms with van der Waals surface area (Å²) in [5.74, 6) is -0.474. The molecule has 0 atom stereocenters. The molecular formula is C21H24N2O7. The lowest BCUT2D eigenvalue weighted by Crippen LogP contribution is -2.22. The second-order valence-electron chi connectivity index (χ2n) is 6.32. The first-order valence-corrected chi connectivity index (χ1v) is 8.89. The molecule has 2 amide bonds. The molecule has 9 nitrogen and oxygen atoms in total. The molecule has 0 heterocycles. The lowest BCUT2D eigenvalue weighted by molar-refractivity contribution is -0.119. The Morgan fingerprint density at radius 1 is 0.867 bits per heavy atom. The highest BCUT2D eigenvalue weighted by molar-refractivity contribution is 5.97. The Morgan fingerprint density at radius 2 is 1.43 bits per heavy atom. The summed E-state index contributed by atoms with van der Waals surface area (Å²) < 4.78 is 20.7. The van der Waals surface area contributed by atoms with Crippen LogP contribution in [0, 0.1) is 0 Å². The SMILES string of the molecule is COc1cc(C(=O)OCC(=O)Nc2ccc(C(=O)N(C)C)cc2)cc(OC)c1OC. The number of anilines is 1.